The summed E-state index contributed by atoms with van der Waals surface area (Å²) in [5, 5.41) is 0.520. The van der Waals surface area contributed by atoms with Crippen LogP contribution in [0.15, 0.2) is 23.2 Å². The number of anilines is 1. The summed E-state index contributed by atoms with van der Waals surface area (Å²) in [5.41, 5.74) is 7.97. The lowest BCUT2D eigenvalue weighted by atomic mass is 9.82. The largest absolute Gasteiger partial charge is 0.464 e. The molecule has 0 heterocycles. The molecule has 0 unspecified atom stereocenters. The van der Waals surface area contributed by atoms with Crippen LogP contribution in [-0.4, -0.2) is 36.9 Å². The third-order valence-corrected chi connectivity index (χ3v) is 4.81. The highest BCUT2D eigenvalue weighted by Crippen LogP contribution is 2.31. The Balaban J connectivity index is 2.52. The molecular formula is C20H27ClN2O4. The van der Waals surface area contributed by atoms with Crippen LogP contribution < -0.4 is 5.73 Å². The number of nitrogen functional groups attached to an aromatic ring is 1. The molecule has 0 aromatic heterocycles. The van der Waals surface area contributed by atoms with Crippen molar-refractivity contribution in [2.45, 2.75) is 52.0 Å². The van der Waals surface area contributed by atoms with Crippen molar-refractivity contribution >= 4 is 34.9 Å². The number of aliphatic imine (C=N–C) groups is 1. The molecular weight excluding hydrogens is 368 g/mol. The Morgan fingerprint density at radius 2 is 1.74 bits per heavy atom. The molecule has 0 aliphatic heterocycles. The summed E-state index contributed by atoms with van der Waals surface area (Å²) < 4.78 is 10.1. The van der Waals surface area contributed by atoms with Gasteiger partial charge in [0.1, 0.15) is 0 Å². The van der Waals surface area contributed by atoms with E-state index in [1.807, 2.05) is 0 Å². The van der Waals surface area contributed by atoms with Gasteiger partial charge in [-0.25, -0.2) is 9.59 Å². The smallest absolute Gasteiger partial charge is 0.342 e. The van der Waals surface area contributed by atoms with Gasteiger partial charge >= 0.3 is 11.9 Å². The highest BCUT2D eigenvalue weighted by molar-refractivity contribution is 6.31. The van der Waals surface area contributed by atoms with E-state index in [0.717, 1.165) is 32.1 Å². The standard InChI is InChI=1S/C20H27ClN2O4/c1-3-26-19(24)18(20(25)27-4-2)23-17(13-8-6-5-7-9-13)15-12-14(21)10-11-16(15)22/h10-13,18H,3-9,22H2,1-2H3. The lowest BCUT2D eigenvalue weighted by molar-refractivity contribution is -0.156. The molecule has 0 bridgehead atoms. The normalized spacial score (nSPS) is 15.6. The zero-order valence-electron chi connectivity index (χ0n) is 15.9. The van der Waals surface area contributed by atoms with Gasteiger partial charge in [-0.3, -0.25) is 4.99 Å². The molecule has 6 nitrogen and oxygen atoms in total. The van der Waals surface area contributed by atoms with Crippen LogP contribution in [-0.2, 0) is 19.1 Å². The molecule has 1 fully saturated rings. The lowest BCUT2D eigenvalue weighted by Gasteiger charge is -2.25. The Morgan fingerprint density at radius 3 is 2.30 bits per heavy atom. The number of hydrogen-bond donors (Lipinski definition) is 1. The number of carbonyl (C=O) groups is 2. The van der Waals surface area contributed by atoms with Crippen LogP contribution in [0.5, 0.6) is 0 Å². The van der Waals surface area contributed by atoms with Gasteiger partial charge in [0.15, 0.2) is 0 Å². The van der Waals surface area contributed by atoms with Gasteiger partial charge in [-0.2, -0.15) is 0 Å². The minimum atomic E-state index is -1.36. The summed E-state index contributed by atoms with van der Waals surface area (Å²) in [6.45, 7) is 3.67. The molecule has 148 valence electrons. The van der Waals surface area contributed by atoms with E-state index in [9.17, 15) is 9.59 Å². The van der Waals surface area contributed by atoms with Gasteiger partial charge < -0.3 is 15.2 Å². The van der Waals surface area contributed by atoms with Crippen molar-refractivity contribution in [3.8, 4) is 0 Å². The summed E-state index contributed by atoms with van der Waals surface area (Å²) in [6, 6.07) is 3.78. The fraction of sp³-hybridized carbons (Fsp3) is 0.550. The molecule has 1 aromatic rings. The summed E-state index contributed by atoms with van der Waals surface area (Å²) in [5.74, 6) is -1.33. The maximum atomic E-state index is 12.4. The van der Waals surface area contributed by atoms with E-state index >= 15 is 0 Å². The first-order valence-corrected chi connectivity index (χ1v) is 9.82. The topological polar surface area (TPSA) is 91.0 Å². The molecule has 2 rings (SSSR count). The molecule has 1 aliphatic carbocycles. The molecule has 0 atom stereocenters. The summed E-state index contributed by atoms with van der Waals surface area (Å²) in [4.78, 5) is 29.3. The molecule has 27 heavy (non-hydrogen) atoms. The van der Waals surface area contributed by atoms with Gasteiger partial charge in [-0.1, -0.05) is 30.9 Å². The van der Waals surface area contributed by atoms with Gasteiger partial charge in [-0.05, 0) is 44.9 Å². The first-order valence-electron chi connectivity index (χ1n) is 9.44. The van der Waals surface area contributed by atoms with Gasteiger partial charge in [-0.15, -0.1) is 0 Å². The van der Waals surface area contributed by atoms with Crippen LogP contribution in [0.2, 0.25) is 5.02 Å². The number of benzene rings is 1. The number of hydrogen-bond acceptors (Lipinski definition) is 6. The SMILES string of the molecule is CCOC(=O)C(N=C(c1cc(Cl)ccc1N)C1CCCCC1)C(=O)OCC. The molecule has 7 heteroatoms. The minimum Gasteiger partial charge on any atom is -0.464 e. The van der Waals surface area contributed by atoms with E-state index in [0.29, 0.717) is 22.0 Å². The quantitative estimate of drug-likeness (QED) is 0.329. The monoisotopic (exact) mass is 394 g/mol. The third-order valence-electron chi connectivity index (χ3n) is 4.57. The van der Waals surface area contributed by atoms with Crippen molar-refractivity contribution in [3.05, 3.63) is 28.8 Å². The Labute approximate surface area is 165 Å². The molecule has 0 radical (unpaired) electrons. The number of nitrogens with zero attached hydrogens (tertiary/aromatic N) is 1. The van der Waals surface area contributed by atoms with Gasteiger partial charge in [0.2, 0.25) is 6.04 Å². The maximum absolute atomic E-state index is 12.4. The molecule has 0 saturated heterocycles. The Morgan fingerprint density at radius 1 is 1.15 bits per heavy atom. The zero-order valence-corrected chi connectivity index (χ0v) is 16.6. The number of esters is 2. The highest BCUT2D eigenvalue weighted by Gasteiger charge is 2.32. The third kappa shape index (κ3) is 5.70. The molecule has 1 aromatic carbocycles. The predicted octanol–water partition coefficient (Wildman–Crippen LogP) is 3.79. The number of nitrogens with two attached hydrogens (primary N) is 1. The summed E-state index contributed by atoms with van der Waals surface area (Å²) >= 11 is 6.17. The minimum absolute atomic E-state index is 0.103. The second-order valence-electron chi connectivity index (χ2n) is 6.49. The number of halogens is 1. The van der Waals surface area contributed by atoms with Crippen LogP contribution in [0.3, 0.4) is 0 Å². The predicted molar refractivity (Wildman–Crippen MR) is 106 cm³/mol. The summed E-state index contributed by atoms with van der Waals surface area (Å²) in [6.07, 6.45) is 5.13. The van der Waals surface area contributed by atoms with E-state index in [4.69, 9.17) is 26.8 Å². The average molecular weight is 395 g/mol. The van der Waals surface area contributed by atoms with Crippen molar-refractivity contribution in [2.75, 3.05) is 18.9 Å². The van der Waals surface area contributed by atoms with Crippen LogP contribution in [0.1, 0.15) is 51.5 Å². The van der Waals surface area contributed by atoms with Gasteiger partial charge in [0.05, 0.1) is 13.2 Å². The number of rotatable bonds is 7. The van der Waals surface area contributed by atoms with Gasteiger partial charge in [0.25, 0.3) is 0 Å². The first kappa shape index (κ1) is 21.2. The summed E-state index contributed by atoms with van der Waals surface area (Å²) in [7, 11) is 0. The first-order chi connectivity index (χ1) is 13.0. The van der Waals surface area contributed by atoms with E-state index < -0.39 is 18.0 Å². The van der Waals surface area contributed by atoms with Crippen molar-refractivity contribution < 1.29 is 19.1 Å². The van der Waals surface area contributed by atoms with Crippen LogP contribution in [0, 0.1) is 5.92 Å². The van der Waals surface area contributed by atoms with Crippen LogP contribution in [0.4, 0.5) is 5.69 Å². The van der Waals surface area contributed by atoms with E-state index in [1.165, 1.54) is 0 Å². The van der Waals surface area contributed by atoms with Crippen LogP contribution in [0.25, 0.3) is 0 Å². The maximum Gasteiger partial charge on any atom is 0.342 e. The Bertz CT molecular complexity index is 681. The average Bonchev–Trinajstić information content (AvgIpc) is 2.66. The van der Waals surface area contributed by atoms with Crippen molar-refractivity contribution in [1.82, 2.24) is 0 Å². The number of carbonyl (C=O) groups excluding carboxylic acids is 2. The van der Waals surface area contributed by atoms with Crippen molar-refractivity contribution in [2.24, 2.45) is 10.9 Å². The Kier molecular flexibility index (Phi) is 8.10. The van der Waals surface area contributed by atoms with Crippen LogP contribution >= 0.6 is 11.6 Å². The second kappa shape index (κ2) is 10.3. The van der Waals surface area contributed by atoms with E-state index in [1.54, 1.807) is 32.0 Å². The lowest BCUT2D eigenvalue weighted by Crippen LogP contribution is -2.34. The van der Waals surface area contributed by atoms with Crippen molar-refractivity contribution in [1.29, 1.82) is 0 Å². The van der Waals surface area contributed by atoms with E-state index in [2.05, 4.69) is 4.99 Å². The fourth-order valence-corrected chi connectivity index (χ4v) is 3.48. The molecule has 2 N–H and O–H groups in total. The zero-order chi connectivity index (χ0) is 19.8. The van der Waals surface area contributed by atoms with Gasteiger partial charge in [0, 0.05) is 27.9 Å². The molecule has 0 amide bonds. The fourth-order valence-electron chi connectivity index (χ4n) is 3.30. The molecule has 1 saturated carbocycles. The molecule has 1 aliphatic rings. The van der Waals surface area contributed by atoms with E-state index in [-0.39, 0.29) is 19.1 Å². The second-order valence-corrected chi connectivity index (χ2v) is 6.92. The molecule has 0 spiro atoms. The number of ether oxygens (including phenoxy) is 2. The van der Waals surface area contributed by atoms with Crippen molar-refractivity contribution in [3.63, 3.8) is 0 Å². The Hall–Kier alpha value is -2.08. The highest BCUT2D eigenvalue weighted by atomic mass is 35.5.